The number of amides is 1. The lowest BCUT2D eigenvalue weighted by molar-refractivity contribution is -0.141. The molecule has 0 saturated heterocycles. The molecule has 0 bridgehead atoms. The highest BCUT2D eigenvalue weighted by Crippen LogP contribution is 2.33. The van der Waals surface area contributed by atoms with Gasteiger partial charge in [0.05, 0.1) is 17.4 Å². The second kappa shape index (κ2) is 11.1. The molecule has 3 aromatic carbocycles. The van der Waals surface area contributed by atoms with Crippen molar-refractivity contribution in [2.24, 2.45) is 5.92 Å². The van der Waals surface area contributed by atoms with Gasteiger partial charge in [-0.2, -0.15) is 18.3 Å². The molecule has 5 aromatic rings. The highest BCUT2D eigenvalue weighted by Gasteiger charge is 2.36. The van der Waals surface area contributed by atoms with E-state index in [0.717, 1.165) is 35.2 Å². The highest BCUT2D eigenvalue weighted by atomic mass is 19.4. The molecule has 220 valence electrons. The lowest BCUT2D eigenvalue weighted by Crippen LogP contribution is -2.25. The number of nitrogens with zero attached hydrogens (tertiary/aromatic N) is 3. The van der Waals surface area contributed by atoms with Gasteiger partial charge in [-0.3, -0.25) is 4.79 Å². The van der Waals surface area contributed by atoms with Gasteiger partial charge in [0.15, 0.2) is 5.69 Å². The molecule has 11 heteroatoms. The number of rotatable bonds is 8. The molecule has 4 N–H and O–H groups in total. The number of carbonyl (C=O) groups is 1. The summed E-state index contributed by atoms with van der Waals surface area (Å²) in [6.07, 6.45) is -1.02. The zero-order valence-electron chi connectivity index (χ0n) is 23.1. The van der Waals surface area contributed by atoms with E-state index in [0.29, 0.717) is 28.3 Å². The van der Waals surface area contributed by atoms with E-state index in [1.165, 1.54) is 30.5 Å². The largest absolute Gasteiger partial charge is 0.435 e. The number of benzene rings is 3. The Hall–Kier alpha value is -4.77. The molecular weight excluding hydrogens is 560 g/mol. The summed E-state index contributed by atoms with van der Waals surface area (Å²) in [6.45, 7) is 2.77. The number of nitrogens with one attached hydrogen (secondary N) is 2. The molecule has 43 heavy (non-hydrogen) atoms. The Kier molecular flexibility index (Phi) is 7.35. The van der Waals surface area contributed by atoms with Gasteiger partial charge in [-0.25, -0.2) is 14.1 Å². The van der Waals surface area contributed by atoms with Gasteiger partial charge in [-0.15, -0.1) is 0 Å². The maximum absolute atomic E-state index is 15.1. The molecule has 6 rings (SSSR count). The summed E-state index contributed by atoms with van der Waals surface area (Å²) < 4.78 is 57.1. The van der Waals surface area contributed by atoms with E-state index in [1.807, 2.05) is 31.2 Å². The van der Waals surface area contributed by atoms with Crippen molar-refractivity contribution in [3.8, 4) is 5.69 Å². The first-order valence-electron chi connectivity index (χ1n) is 13.8. The zero-order valence-corrected chi connectivity index (χ0v) is 23.1. The predicted octanol–water partition coefficient (Wildman–Crippen LogP) is 6.81. The van der Waals surface area contributed by atoms with E-state index in [-0.39, 0.29) is 23.2 Å². The van der Waals surface area contributed by atoms with Crippen LogP contribution in [0.1, 0.15) is 51.8 Å². The summed E-state index contributed by atoms with van der Waals surface area (Å²) >= 11 is 0. The lowest BCUT2D eigenvalue weighted by atomic mass is 9.97. The van der Waals surface area contributed by atoms with Crippen LogP contribution >= 0.6 is 0 Å². The minimum absolute atomic E-state index is 0.158. The Balaban J connectivity index is 1.36. The average molecular weight is 589 g/mol. The SMILES string of the molecule is Cc1ccc(C(NCC2CC2)c2ccc(F)c(NC(=O)c3cc(C(F)(F)F)nn3-c3ccc4ccnc(N)c4c3)c2)cc1. The van der Waals surface area contributed by atoms with Gasteiger partial charge in [-0.05, 0) is 79.1 Å². The highest BCUT2D eigenvalue weighted by molar-refractivity contribution is 6.04. The molecule has 0 radical (unpaired) electrons. The fraction of sp³-hybridized carbons (Fsp3) is 0.219. The third-order valence-corrected chi connectivity index (χ3v) is 7.55. The minimum Gasteiger partial charge on any atom is -0.383 e. The molecule has 1 saturated carbocycles. The van der Waals surface area contributed by atoms with Crippen molar-refractivity contribution in [2.75, 3.05) is 17.6 Å². The maximum atomic E-state index is 15.1. The van der Waals surface area contributed by atoms with Gasteiger partial charge in [-0.1, -0.05) is 42.0 Å². The van der Waals surface area contributed by atoms with Gasteiger partial charge < -0.3 is 16.4 Å². The lowest BCUT2D eigenvalue weighted by Gasteiger charge is -2.21. The van der Waals surface area contributed by atoms with Crippen LogP contribution in [0.15, 0.2) is 79.0 Å². The quantitative estimate of drug-likeness (QED) is 0.173. The first-order valence-corrected chi connectivity index (χ1v) is 13.8. The smallest absolute Gasteiger partial charge is 0.383 e. The van der Waals surface area contributed by atoms with Crippen molar-refractivity contribution >= 4 is 28.2 Å². The number of fused-ring (bicyclic) bond motifs is 1. The molecule has 1 aliphatic carbocycles. The number of anilines is 2. The van der Waals surface area contributed by atoms with Crippen molar-refractivity contribution < 1.29 is 22.4 Å². The second-order valence-corrected chi connectivity index (χ2v) is 10.8. The van der Waals surface area contributed by atoms with Crippen LogP contribution < -0.4 is 16.4 Å². The number of nitrogens with two attached hydrogens (primary N) is 1. The van der Waals surface area contributed by atoms with Crippen LogP contribution in [0.2, 0.25) is 0 Å². The summed E-state index contributed by atoms with van der Waals surface area (Å²) in [5, 5.41) is 10.9. The number of alkyl halides is 3. The minimum atomic E-state index is -4.82. The standard InChI is InChI=1S/C32H28F4N6O/c1-18-2-6-21(7-3-18)29(39-17-19-4-5-19)22-9-11-25(33)26(14-22)40-31(43)27-16-28(32(34,35)36)41-42(27)23-10-8-20-12-13-38-30(37)24(20)15-23/h2-3,6-16,19,29,39H,4-5,17H2,1H3,(H2,37,38)(H,40,43). The first-order chi connectivity index (χ1) is 20.6. The van der Waals surface area contributed by atoms with Crippen molar-refractivity contribution in [3.05, 3.63) is 113 Å². The number of hydrogen-bond donors (Lipinski definition) is 3. The van der Waals surface area contributed by atoms with Crippen LogP contribution in [0.5, 0.6) is 0 Å². The molecule has 0 aliphatic heterocycles. The van der Waals surface area contributed by atoms with Gasteiger partial charge >= 0.3 is 6.18 Å². The molecule has 1 aliphatic rings. The second-order valence-electron chi connectivity index (χ2n) is 10.8. The number of pyridine rings is 1. The Bertz CT molecular complexity index is 1810. The van der Waals surface area contributed by atoms with Crippen molar-refractivity contribution in [3.63, 3.8) is 0 Å². The Morgan fingerprint density at radius 2 is 1.77 bits per heavy atom. The fourth-order valence-corrected chi connectivity index (χ4v) is 4.99. The molecule has 1 unspecified atom stereocenters. The van der Waals surface area contributed by atoms with E-state index in [2.05, 4.69) is 20.7 Å². The fourth-order valence-electron chi connectivity index (χ4n) is 4.99. The van der Waals surface area contributed by atoms with Crippen LogP contribution in [0.25, 0.3) is 16.5 Å². The van der Waals surface area contributed by atoms with Crippen molar-refractivity contribution in [2.45, 2.75) is 32.0 Å². The molecule has 1 atom stereocenters. The predicted molar refractivity (Wildman–Crippen MR) is 156 cm³/mol. The Morgan fingerprint density at radius 1 is 1.02 bits per heavy atom. The molecule has 1 fully saturated rings. The van der Waals surface area contributed by atoms with Gasteiger partial charge in [0.25, 0.3) is 5.91 Å². The zero-order chi connectivity index (χ0) is 30.3. The third-order valence-electron chi connectivity index (χ3n) is 7.55. The van der Waals surface area contributed by atoms with Crippen molar-refractivity contribution in [1.82, 2.24) is 20.1 Å². The summed E-state index contributed by atoms with van der Waals surface area (Å²) in [7, 11) is 0. The number of carbonyl (C=O) groups excluding carboxylic acids is 1. The number of halogens is 4. The summed E-state index contributed by atoms with van der Waals surface area (Å²) in [6, 6.07) is 19.1. The summed E-state index contributed by atoms with van der Waals surface area (Å²) in [5.74, 6) is -0.937. The molecule has 7 nitrogen and oxygen atoms in total. The van der Waals surface area contributed by atoms with E-state index < -0.39 is 29.3 Å². The molecule has 1 amide bonds. The molecular formula is C32H28F4N6O. The van der Waals surface area contributed by atoms with Crippen LogP contribution in [-0.2, 0) is 6.18 Å². The van der Waals surface area contributed by atoms with Crippen LogP contribution in [0, 0.1) is 18.7 Å². The van der Waals surface area contributed by atoms with E-state index in [9.17, 15) is 18.0 Å². The third kappa shape index (κ3) is 6.07. The number of hydrogen-bond acceptors (Lipinski definition) is 5. The summed E-state index contributed by atoms with van der Waals surface area (Å²) in [4.78, 5) is 17.5. The number of aryl methyl sites for hydroxylation is 1. The first kappa shape index (κ1) is 28.4. The van der Waals surface area contributed by atoms with E-state index >= 15 is 4.39 Å². The van der Waals surface area contributed by atoms with E-state index in [4.69, 9.17) is 5.73 Å². The molecule has 2 heterocycles. The topological polar surface area (TPSA) is 97.9 Å². The van der Waals surface area contributed by atoms with Gasteiger partial charge in [0.1, 0.15) is 17.3 Å². The summed E-state index contributed by atoms with van der Waals surface area (Å²) in [5.41, 5.74) is 7.03. The molecule has 2 aromatic heterocycles. The Labute approximate surface area is 244 Å². The normalized spacial score (nSPS) is 14.2. The number of aromatic nitrogens is 3. The van der Waals surface area contributed by atoms with Crippen molar-refractivity contribution in [1.29, 1.82) is 0 Å². The Morgan fingerprint density at radius 3 is 2.49 bits per heavy atom. The van der Waals surface area contributed by atoms with E-state index in [1.54, 1.807) is 18.2 Å². The van der Waals surface area contributed by atoms with Crippen LogP contribution in [-0.4, -0.2) is 27.2 Å². The molecule has 0 spiro atoms. The monoisotopic (exact) mass is 588 g/mol. The maximum Gasteiger partial charge on any atom is 0.435 e. The van der Waals surface area contributed by atoms with Crippen LogP contribution in [0.3, 0.4) is 0 Å². The van der Waals surface area contributed by atoms with Gasteiger partial charge in [0, 0.05) is 17.6 Å². The van der Waals surface area contributed by atoms with Crippen LogP contribution in [0.4, 0.5) is 29.1 Å². The average Bonchev–Trinajstić information content (AvgIpc) is 3.69. The van der Waals surface area contributed by atoms with Gasteiger partial charge in [0.2, 0.25) is 0 Å². The number of nitrogen functional groups attached to an aromatic ring is 1.